The van der Waals surface area contributed by atoms with E-state index in [1.165, 1.54) is 12.3 Å². The summed E-state index contributed by atoms with van der Waals surface area (Å²) < 4.78 is 63.4. The van der Waals surface area contributed by atoms with E-state index >= 15 is 0 Å². The highest BCUT2D eigenvalue weighted by atomic mass is 19.4. The molecule has 2 aromatic rings. The second-order valence-electron chi connectivity index (χ2n) is 8.13. The summed E-state index contributed by atoms with van der Waals surface area (Å²) in [6, 6.07) is 10.9. The first-order chi connectivity index (χ1) is 16.7. The predicted molar refractivity (Wildman–Crippen MR) is 132 cm³/mol. The van der Waals surface area contributed by atoms with E-state index in [9.17, 15) is 22.0 Å². The molecule has 1 aromatic heterocycles. The summed E-state index contributed by atoms with van der Waals surface area (Å²) in [6.07, 6.45) is 2.00. The van der Waals surface area contributed by atoms with Gasteiger partial charge >= 0.3 is 6.18 Å². The number of allylic oxidation sites excluding steroid dienone is 3. The molecule has 35 heavy (non-hydrogen) atoms. The fourth-order valence-corrected chi connectivity index (χ4v) is 3.26. The third kappa shape index (κ3) is 9.19. The van der Waals surface area contributed by atoms with Gasteiger partial charge in [0.2, 0.25) is 5.95 Å². The van der Waals surface area contributed by atoms with Crippen LogP contribution in [-0.4, -0.2) is 36.3 Å². The Kier molecular flexibility index (Phi) is 11.0. The molecule has 2 rings (SSSR count). The van der Waals surface area contributed by atoms with Crippen molar-refractivity contribution >= 4 is 17.5 Å². The Morgan fingerprint density at radius 1 is 1.09 bits per heavy atom. The largest absolute Gasteiger partial charge is 0.417 e. The molecule has 3 nitrogen and oxygen atoms in total. The molecule has 0 spiro atoms. The Morgan fingerprint density at radius 2 is 1.77 bits per heavy atom. The van der Waals surface area contributed by atoms with Gasteiger partial charge < -0.3 is 0 Å². The molecule has 0 fully saturated rings. The molecule has 1 atom stereocenters. The van der Waals surface area contributed by atoms with Gasteiger partial charge in [0, 0.05) is 36.4 Å². The zero-order valence-corrected chi connectivity index (χ0v) is 20.1. The maximum absolute atomic E-state index is 13.1. The number of aromatic nitrogens is 1. The molecule has 188 valence electrons. The summed E-state index contributed by atoms with van der Waals surface area (Å²) in [7, 11) is 0. The third-order valence-corrected chi connectivity index (χ3v) is 5.58. The highest BCUT2D eigenvalue weighted by Crippen LogP contribution is 2.27. The Labute approximate surface area is 203 Å². The van der Waals surface area contributed by atoms with Crippen molar-refractivity contribution in [3.63, 3.8) is 0 Å². The van der Waals surface area contributed by atoms with Crippen molar-refractivity contribution in [2.45, 2.75) is 46.2 Å². The summed E-state index contributed by atoms with van der Waals surface area (Å²) in [5.74, 6) is -0.276. The first-order valence-electron chi connectivity index (χ1n) is 11.4. The van der Waals surface area contributed by atoms with Crippen LogP contribution in [0.2, 0.25) is 0 Å². The van der Waals surface area contributed by atoms with Crippen LogP contribution in [0.3, 0.4) is 0 Å². The number of rotatable bonds is 11. The van der Waals surface area contributed by atoms with Gasteiger partial charge in [-0.15, -0.1) is 0 Å². The number of alkyl halides is 4. The lowest BCUT2D eigenvalue weighted by atomic mass is 9.92. The van der Waals surface area contributed by atoms with Crippen molar-refractivity contribution in [2.75, 3.05) is 13.2 Å². The first kappa shape index (κ1) is 28.1. The van der Waals surface area contributed by atoms with Crippen LogP contribution in [-0.2, 0) is 6.42 Å². The quantitative estimate of drug-likeness (QED) is 0.138. The molecule has 0 aliphatic carbocycles. The van der Waals surface area contributed by atoms with Crippen LogP contribution in [0, 0.1) is 11.9 Å². The Morgan fingerprint density at radius 3 is 2.34 bits per heavy atom. The van der Waals surface area contributed by atoms with Crippen molar-refractivity contribution in [1.29, 1.82) is 0 Å². The monoisotopic (exact) mass is 491 g/mol. The van der Waals surface area contributed by atoms with E-state index in [0.29, 0.717) is 25.1 Å². The van der Waals surface area contributed by atoms with Crippen LogP contribution in [0.1, 0.15) is 50.3 Å². The standard InChI is InChI=1S/C27H30F5N3/c1-4-19(2)25(18-34-20(3)23-11-12-26(29)35-16-23)22-9-7-21(8-10-22)6-5-15-33-17-24(13-14-28)27(30,31)32/h7-13,16-19H,4-6,14-15H2,1-3H3/b24-13+,25-18+,33-17?,34-20?. The van der Waals surface area contributed by atoms with Gasteiger partial charge in [0.15, 0.2) is 0 Å². The van der Waals surface area contributed by atoms with Crippen LogP contribution in [0.25, 0.3) is 5.57 Å². The highest BCUT2D eigenvalue weighted by Gasteiger charge is 2.31. The summed E-state index contributed by atoms with van der Waals surface area (Å²) in [4.78, 5) is 12.0. The topological polar surface area (TPSA) is 37.6 Å². The van der Waals surface area contributed by atoms with E-state index in [-0.39, 0.29) is 12.5 Å². The molecule has 0 radical (unpaired) electrons. The SMILES string of the molecule is CCC(C)/C(=C\N=C(C)c1ccc(F)nc1)c1ccc(CCCN=C/C(=C\CF)C(F)(F)F)cc1. The maximum atomic E-state index is 13.1. The molecule has 0 saturated heterocycles. The summed E-state index contributed by atoms with van der Waals surface area (Å²) in [5.41, 5.74) is 3.54. The number of hydrogen-bond acceptors (Lipinski definition) is 3. The van der Waals surface area contributed by atoms with Crippen molar-refractivity contribution in [3.8, 4) is 0 Å². The average molecular weight is 492 g/mol. The molecule has 1 unspecified atom stereocenters. The third-order valence-electron chi connectivity index (χ3n) is 5.58. The Balaban J connectivity index is 2.05. The summed E-state index contributed by atoms with van der Waals surface area (Å²) in [6.45, 7) is 5.09. The lowest BCUT2D eigenvalue weighted by Gasteiger charge is -2.14. The minimum Gasteiger partial charge on any atom is -0.293 e. The summed E-state index contributed by atoms with van der Waals surface area (Å²) >= 11 is 0. The summed E-state index contributed by atoms with van der Waals surface area (Å²) in [5, 5.41) is 0. The van der Waals surface area contributed by atoms with Gasteiger partial charge in [0.1, 0.15) is 6.67 Å². The highest BCUT2D eigenvalue weighted by molar-refractivity contribution is 5.99. The van der Waals surface area contributed by atoms with Crippen LogP contribution < -0.4 is 0 Å². The van der Waals surface area contributed by atoms with Gasteiger partial charge in [-0.25, -0.2) is 9.37 Å². The van der Waals surface area contributed by atoms with Crippen molar-refractivity contribution in [1.82, 2.24) is 4.98 Å². The predicted octanol–water partition coefficient (Wildman–Crippen LogP) is 7.58. The first-order valence-corrected chi connectivity index (χ1v) is 11.4. The van der Waals surface area contributed by atoms with Gasteiger partial charge in [0.05, 0.1) is 5.57 Å². The minimum atomic E-state index is -4.61. The Bertz CT molecular complexity index is 1050. The van der Waals surface area contributed by atoms with E-state index in [1.807, 2.05) is 37.4 Å². The molecule has 0 amide bonds. The number of benzene rings is 1. The van der Waals surface area contributed by atoms with E-state index in [1.54, 1.807) is 6.07 Å². The van der Waals surface area contributed by atoms with Crippen molar-refractivity contribution in [3.05, 3.63) is 83.1 Å². The number of halogens is 5. The van der Waals surface area contributed by atoms with Crippen LogP contribution >= 0.6 is 0 Å². The smallest absolute Gasteiger partial charge is 0.293 e. The van der Waals surface area contributed by atoms with Gasteiger partial charge in [-0.1, -0.05) is 38.1 Å². The Hall–Kier alpha value is -3.16. The molecule has 0 aliphatic heterocycles. The van der Waals surface area contributed by atoms with E-state index in [4.69, 9.17) is 0 Å². The molecule has 1 aromatic carbocycles. The average Bonchev–Trinajstić information content (AvgIpc) is 2.83. The number of aryl methyl sites for hydroxylation is 1. The van der Waals surface area contributed by atoms with Gasteiger partial charge in [-0.05, 0) is 67.0 Å². The second-order valence-corrected chi connectivity index (χ2v) is 8.13. The van der Waals surface area contributed by atoms with Crippen molar-refractivity contribution in [2.24, 2.45) is 15.9 Å². The van der Waals surface area contributed by atoms with Gasteiger partial charge in [-0.3, -0.25) is 9.98 Å². The zero-order valence-electron chi connectivity index (χ0n) is 20.1. The number of aliphatic imine (C=N–C) groups is 2. The lowest BCUT2D eigenvalue weighted by Crippen LogP contribution is -2.13. The second kappa shape index (κ2) is 13.7. The number of nitrogens with zero attached hydrogens (tertiary/aromatic N) is 3. The van der Waals surface area contributed by atoms with Gasteiger partial charge in [0.25, 0.3) is 0 Å². The van der Waals surface area contributed by atoms with E-state index in [2.05, 4.69) is 28.8 Å². The molecule has 1 heterocycles. The van der Waals surface area contributed by atoms with E-state index < -0.39 is 24.4 Å². The lowest BCUT2D eigenvalue weighted by molar-refractivity contribution is -0.0859. The van der Waals surface area contributed by atoms with Crippen LogP contribution in [0.5, 0.6) is 0 Å². The van der Waals surface area contributed by atoms with Crippen LogP contribution in [0.4, 0.5) is 22.0 Å². The molecule has 0 saturated carbocycles. The molecular weight excluding hydrogens is 461 g/mol. The fourth-order valence-electron chi connectivity index (χ4n) is 3.26. The zero-order chi connectivity index (χ0) is 25.8. The number of hydrogen-bond donors (Lipinski definition) is 0. The van der Waals surface area contributed by atoms with E-state index in [0.717, 1.165) is 34.4 Å². The fraction of sp³-hybridized carbons (Fsp3) is 0.370. The minimum absolute atomic E-state index is 0.214. The van der Waals surface area contributed by atoms with Gasteiger partial charge in [-0.2, -0.15) is 17.6 Å². The molecule has 0 aliphatic rings. The normalized spacial score (nSPS) is 14.6. The van der Waals surface area contributed by atoms with Crippen molar-refractivity contribution < 1.29 is 22.0 Å². The molecule has 8 heteroatoms. The molecule has 0 N–H and O–H groups in total. The van der Waals surface area contributed by atoms with Crippen LogP contribution in [0.15, 0.2) is 70.4 Å². The number of pyridine rings is 1. The maximum Gasteiger partial charge on any atom is 0.417 e. The molecule has 0 bridgehead atoms. The molecular formula is C27H30F5N3.